The van der Waals surface area contributed by atoms with Gasteiger partial charge in [0.05, 0.1) is 13.2 Å². The van der Waals surface area contributed by atoms with E-state index in [0.717, 1.165) is 26.3 Å². The number of hydrogen-bond donors (Lipinski definition) is 0. The fraction of sp³-hybridized carbons (Fsp3) is 1.00. The Kier molecular flexibility index (Phi) is 22.6. The van der Waals surface area contributed by atoms with Crippen LogP contribution in [0.15, 0.2) is 0 Å². The van der Waals surface area contributed by atoms with Crippen molar-refractivity contribution in [1.82, 2.24) is 30.1 Å². The lowest BCUT2D eigenvalue weighted by Gasteiger charge is -2.32. The van der Waals surface area contributed by atoms with E-state index in [1.165, 1.54) is 58.3 Å². The van der Waals surface area contributed by atoms with E-state index in [4.69, 9.17) is 4.74 Å². The first kappa shape index (κ1) is 33.4. The maximum absolute atomic E-state index is 5.25. The van der Waals surface area contributed by atoms with Gasteiger partial charge >= 0.3 is 0 Å². The third-order valence-corrected chi connectivity index (χ3v) is 5.54. The Morgan fingerprint density at radius 2 is 0.621 bits per heavy atom. The molecule has 0 aromatic carbocycles. The van der Waals surface area contributed by atoms with Crippen LogP contribution < -0.4 is 0 Å². The Morgan fingerprint density at radius 3 is 0.931 bits per heavy atom. The van der Waals surface area contributed by atoms with Crippen molar-refractivity contribution in [3.05, 3.63) is 0 Å². The quantitative estimate of drug-likeness (QED) is 0.594. The largest absolute Gasteiger partial charge is 0.379 e. The molecule has 3 aliphatic rings. The smallest absolute Gasteiger partial charge is 0.0608 e. The van der Waals surface area contributed by atoms with E-state index in [1.54, 1.807) is 0 Å². The average molecular weight is 421 g/mol. The summed E-state index contributed by atoms with van der Waals surface area (Å²) in [6, 6.07) is 0. The van der Waals surface area contributed by atoms with Gasteiger partial charge in [0.25, 0.3) is 0 Å². The molecular formula is C22H56N6O. The molecule has 0 unspecified atom stereocenters. The molecule has 0 aromatic rings. The average Bonchev–Trinajstić information content (AvgIpc) is 2.93. The molecule has 180 valence electrons. The van der Waals surface area contributed by atoms with Gasteiger partial charge in [-0.25, -0.2) is 30.1 Å². The van der Waals surface area contributed by atoms with Crippen LogP contribution in [0.1, 0.15) is 54.4 Å². The van der Waals surface area contributed by atoms with Gasteiger partial charge in [0.2, 0.25) is 0 Å². The number of nitrogens with zero attached hydrogens (tertiary/aromatic N) is 6. The Balaban J connectivity index is -0.000000333. The number of ether oxygens (including phenoxy) is 1. The van der Waals surface area contributed by atoms with Crippen LogP contribution in [0, 0.1) is 0 Å². The molecule has 0 spiro atoms. The predicted octanol–water partition coefficient (Wildman–Crippen LogP) is 3.21. The van der Waals surface area contributed by atoms with Crippen molar-refractivity contribution in [3.8, 4) is 0 Å². The number of hydrazine groups is 3. The normalized spacial score (nSPS) is 23.4. The van der Waals surface area contributed by atoms with Gasteiger partial charge in [0, 0.05) is 81.6 Å². The first-order chi connectivity index (χ1) is 12.4. The second kappa shape index (κ2) is 19.7. The van der Waals surface area contributed by atoms with Crippen molar-refractivity contribution in [1.29, 1.82) is 0 Å². The van der Waals surface area contributed by atoms with Crippen LogP contribution in [0.5, 0.6) is 0 Å². The fourth-order valence-corrected chi connectivity index (χ4v) is 3.06. The van der Waals surface area contributed by atoms with Crippen molar-refractivity contribution in [2.75, 3.05) is 94.8 Å². The van der Waals surface area contributed by atoms with Crippen molar-refractivity contribution in [2.24, 2.45) is 0 Å². The summed E-state index contributed by atoms with van der Waals surface area (Å²) in [6.07, 6.45) is 6.85. The number of likely N-dealkylation sites (N-methyl/N-ethyl adjacent to an activating group) is 2. The van der Waals surface area contributed by atoms with Gasteiger partial charge in [0.1, 0.15) is 0 Å². The van der Waals surface area contributed by atoms with Crippen LogP contribution in [-0.2, 0) is 4.74 Å². The highest BCUT2D eigenvalue weighted by atomic mass is 16.5. The molecule has 0 atom stereocenters. The van der Waals surface area contributed by atoms with E-state index in [9.17, 15) is 0 Å². The van der Waals surface area contributed by atoms with E-state index in [1.807, 2.05) is 0 Å². The van der Waals surface area contributed by atoms with Gasteiger partial charge in [0.15, 0.2) is 0 Å². The molecule has 3 saturated heterocycles. The molecule has 7 heteroatoms. The summed E-state index contributed by atoms with van der Waals surface area (Å²) in [6.45, 7) is 8.68. The van der Waals surface area contributed by atoms with E-state index in [2.05, 4.69) is 72.3 Å². The summed E-state index contributed by atoms with van der Waals surface area (Å²) in [5.41, 5.74) is 0. The van der Waals surface area contributed by atoms with Gasteiger partial charge in [-0.15, -0.1) is 0 Å². The topological polar surface area (TPSA) is 28.7 Å². The minimum absolute atomic E-state index is 0. The van der Waals surface area contributed by atoms with Gasteiger partial charge in [-0.1, -0.05) is 28.7 Å². The highest BCUT2D eigenvalue weighted by Gasteiger charge is 2.10. The Hall–Kier alpha value is -0.280. The molecule has 29 heavy (non-hydrogen) atoms. The molecule has 3 fully saturated rings. The van der Waals surface area contributed by atoms with E-state index in [0.29, 0.717) is 0 Å². The maximum Gasteiger partial charge on any atom is 0.0608 e. The highest BCUT2D eigenvalue weighted by Crippen LogP contribution is 2.06. The second-order valence-electron chi connectivity index (χ2n) is 7.67. The summed E-state index contributed by atoms with van der Waals surface area (Å²) < 4.78 is 5.25. The molecular weight excluding hydrogens is 364 g/mol. The van der Waals surface area contributed by atoms with Gasteiger partial charge in [-0.2, -0.15) is 0 Å². The maximum atomic E-state index is 5.25. The summed E-state index contributed by atoms with van der Waals surface area (Å²) in [4.78, 5) is 0. The Bertz CT molecular complexity index is 295. The highest BCUT2D eigenvalue weighted by molar-refractivity contribution is 4.57. The van der Waals surface area contributed by atoms with Gasteiger partial charge < -0.3 is 4.74 Å². The first-order valence-corrected chi connectivity index (χ1v) is 10.3. The molecule has 0 radical (unpaired) electrons. The molecule has 7 nitrogen and oxygen atoms in total. The standard InChI is InChI=1S/C7H16N2.C6H14N2O.C6H14N2.3CH4/c1-8-6-4-3-5-7-9(8)2;1-7-3-5-9-6-4-8(7)2;1-7-5-3-4-6-8(7)2;;;/h3-7H2,1-2H3;3-6H2,1-2H3;3-6H2,1-2H3;3*1H4. The third kappa shape index (κ3) is 15.2. The predicted molar refractivity (Wildman–Crippen MR) is 130 cm³/mol. The zero-order valence-corrected chi connectivity index (χ0v) is 18.3. The summed E-state index contributed by atoms with van der Waals surface area (Å²) in [5.74, 6) is 0. The lowest BCUT2D eigenvalue weighted by atomic mass is 10.2. The Morgan fingerprint density at radius 1 is 0.379 bits per heavy atom. The van der Waals surface area contributed by atoms with Crippen LogP contribution in [0.2, 0.25) is 0 Å². The van der Waals surface area contributed by atoms with Crippen LogP contribution in [0.4, 0.5) is 0 Å². The first-order valence-electron chi connectivity index (χ1n) is 10.3. The monoisotopic (exact) mass is 420 g/mol. The number of rotatable bonds is 0. The summed E-state index contributed by atoms with van der Waals surface area (Å²) >= 11 is 0. The second-order valence-corrected chi connectivity index (χ2v) is 7.67. The zero-order valence-electron chi connectivity index (χ0n) is 18.3. The molecule has 3 rings (SSSR count). The van der Waals surface area contributed by atoms with E-state index < -0.39 is 0 Å². The molecule has 0 bridgehead atoms. The zero-order chi connectivity index (χ0) is 19.4. The molecule has 0 saturated carbocycles. The summed E-state index contributed by atoms with van der Waals surface area (Å²) in [5, 5.41) is 13.5. The van der Waals surface area contributed by atoms with Gasteiger partial charge in [-0.05, 0) is 25.7 Å². The lowest BCUT2D eigenvalue weighted by molar-refractivity contribution is -0.00111. The molecule has 0 aromatic heterocycles. The van der Waals surface area contributed by atoms with Crippen molar-refractivity contribution >= 4 is 0 Å². The van der Waals surface area contributed by atoms with Crippen LogP contribution in [0.3, 0.4) is 0 Å². The molecule has 0 N–H and O–H groups in total. The molecule has 3 heterocycles. The van der Waals surface area contributed by atoms with Crippen molar-refractivity contribution in [3.63, 3.8) is 0 Å². The number of hydrogen-bond acceptors (Lipinski definition) is 7. The van der Waals surface area contributed by atoms with Crippen LogP contribution in [-0.4, -0.2) is 125 Å². The minimum Gasteiger partial charge on any atom is -0.379 e. The fourth-order valence-electron chi connectivity index (χ4n) is 3.06. The van der Waals surface area contributed by atoms with Crippen molar-refractivity contribution in [2.45, 2.75) is 54.4 Å². The third-order valence-electron chi connectivity index (χ3n) is 5.54. The summed E-state index contributed by atoms with van der Waals surface area (Å²) in [7, 11) is 12.7. The minimum atomic E-state index is 0. The van der Waals surface area contributed by atoms with Crippen LogP contribution >= 0.6 is 0 Å². The SMILES string of the molecule is C.C.C.CN1CCCCCN1C.CN1CCCCN1C.CN1CCOCCN1C. The lowest BCUT2D eigenvalue weighted by Crippen LogP contribution is -2.41. The Labute approximate surface area is 184 Å². The molecule has 0 aliphatic carbocycles. The van der Waals surface area contributed by atoms with Crippen molar-refractivity contribution < 1.29 is 4.74 Å². The van der Waals surface area contributed by atoms with Crippen LogP contribution in [0.25, 0.3) is 0 Å². The molecule has 3 aliphatic heterocycles. The van der Waals surface area contributed by atoms with E-state index in [-0.39, 0.29) is 22.3 Å². The van der Waals surface area contributed by atoms with E-state index >= 15 is 0 Å². The molecule has 0 amide bonds. The van der Waals surface area contributed by atoms with Gasteiger partial charge in [-0.3, -0.25) is 0 Å².